The molecule has 1 unspecified atom stereocenters. The van der Waals surface area contributed by atoms with Gasteiger partial charge in [0.15, 0.2) is 0 Å². The van der Waals surface area contributed by atoms with Crippen molar-refractivity contribution in [3.05, 3.63) is 99.4 Å². The summed E-state index contributed by atoms with van der Waals surface area (Å²) in [6.45, 7) is 18.7. The smallest absolute Gasteiger partial charge is 0.137 e. The second kappa shape index (κ2) is 18.4. The van der Waals surface area contributed by atoms with Crippen LogP contribution in [-0.4, -0.2) is 46.5 Å². The molecule has 0 radical (unpaired) electrons. The summed E-state index contributed by atoms with van der Waals surface area (Å²) in [5, 5.41) is 0. The highest BCUT2D eigenvalue weighted by Gasteiger charge is 2.11. The molecule has 0 aliphatic rings. The van der Waals surface area contributed by atoms with Gasteiger partial charge in [-0.1, -0.05) is 27.4 Å². The van der Waals surface area contributed by atoms with Crippen molar-refractivity contribution in [2.45, 2.75) is 89.5 Å². The van der Waals surface area contributed by atoms with Crippen LogP contribution in [0, 0.1) is 47.5 Å². The van der Waals surface area contributed by atoms with Crippen LogP contribution in [0.5, 0.6) is 0 Å². The van der Waals surface area contributed by atoms with Crippen LogP contribution in [0.25, 0.3) is 17.7 Å². The molecule has 0 amide bonds. The lowest BCUT2D eigenvalue weighted by Crippen LogP contribution is -2.08. The molecule has 0 aliphatic heterocycles. The molecule has 4 aromatic heterocycles. The summed E-state index contributed by atoms with van der Waals surface area (Å²) in [5.41, 5.74) is 10.8. The molecule has 4 heterocycles. The van der Waals surface area contributed by atoms with Gasteiger partial charge in [0.1, 0.15) is 11.6 Å². The van der Waals surface area contributed by atoms with Gasteiger partial charge in [0.05, 0.1) is 5.69 Å². The molecule has 0 aromatic carbocycles. The number of ether oxygens (including phenoxy) is 2. The fourth-order valence-electron chi connectivity index (χ4n) is 5.23. The van der Waals surface area contributed by atoms with Gasteiger partial charge in [0.25, 0.3) is 0 Å². The van der Waals surface area contributed by atoms with Crippen molar-refractivity contribution in [3.63, 3.8) is 0 Å². The van der Waals surface area contributed by atoms with E-state index in [1.165, 1.54) is 45.2 Å². The van der Waals surface area contributed by atoms with Crippen LogP contribution in [0.3, 0.4) is 0 Å². The van der Waals surface area contributed by atoms with Crippen molar-refractivity contribution in [1.82, 2.24) is 19.1 Å². The molecule has 0 spiro atoms. The minimum Gasteiger partial charge on any atom is -0.385 e. The second-order valence-electron chi connectivity index (χ2n) is 11.6. The molecule has 6 heteroatoms. The standard InChI is InChI=1S/C18H26N2O.C18H24N2O.2CH4/c2*1-13(8-9-21-5)10-17-11-14(2)12-18(19-17)20-15(3)6-7-16(20)4;;/h6-7,11-13H,8-10H2,1-5H3;6-7,10-12H,8-9H2,1-5H3;2*1H4/b;13-10-;;. The highest BCUT2D eigenvalue weighted by atomic mass is 16.5. The summed E-state index contributed by atoms with van der Waals surface area (Å²) < 4.78 is 14.7. The van der Waals surface area contributed by atoms with E-state index in [0.717, 1.165) is 49.8 Å². The summed E-state index contributed by atoms with van der Waals surface area (Å²) in [7, 11) is 3.49. The van der Waals surface area contributed by atoms with E-state index in [1.807, 2.05) is 0 Å². The van der Waals surface area contributed by atoms with Crippen molar-refractivity contribution < 1.29 is 9.47 Å². The summed E-state index contributed by atoms with van der Waals surface area (Å²) in [6.07, 6.45) is 5.15. The average Bonchev–Trinajstić information content (AvgIpc) is 3.44. The number of aryl methyl sites for hydroxylation is 6. The number of nitrogens with zero attached hydrogens (tertiary/aromatic N) is 4. The highest BCUT2D eigenvalue weighted by molar-refractivity contribution is 5.52. The zero-order valence-corrected chi connectivity index (χ0v) is 27.4. The van der Waals surface area contributed by atoms with Crippen LogP contribution in [0.2, 0.25) is 0 Å². The summed E-state index contributed by atoms with van der Waals surface area (Å²) >= 11 is 0. The van der Waals surface area contributed by atoms with Crippen molar-refractivity contribution in [2.75, 3.05) is 27.4 Å². The molecule has 242 valence electrons. The first kappa shape index (κ1) is 38.5. The van der Waals surface area contributed by atoms with Crippen LogP contribution in [-0.2, 0) is 15.9 Å². The van der Waals surface area contributed by atoms with Gasteiger partial charge in [-0.15, -0.1) is 0 Å². The molecule has 0 saturated heterocycles. The van der Waals surface area contributed by atoms with Crippen LogP contribution in [0.1, 0.15) is 86.8 Å². The molecular weight excluding hydrogens is 544 g/mol. The van der Waals surface area contributed by atoms with E-state index in [-0.39, 0.29) is 14.9 Å². The number of rotatable bonds is 11. The van der Waals surface area contributed by atoms with Gasteiger partial charge >= 0.3 is 0 Å². The maximum atomic E-state index is 5.16. The number of hydrogen-bond donors (Lipinski definition) is 0. The topological polar surface area (TPSA) is 54.1 Å². The van der Waals surface area contributed by atoms with E-state index in [2.05, 4.69) is 119 Å². The summed E-state index contributed by atoms with van der Waals surface area (Å²) in [5.74, 6) is 2.60. The molecule has 6 nitrogen and oxygen atoms in total. The number of aromatic nitrogens is 4. The molecule has 1 atom stereocenters. The van der Waals surface area contributed by atoms with Crippen molar-refractivity contribution in [2.24, 2.45) is 5.92 Å². The Morgan fingerprint density at radius 2 is 1.20 bits per heavy atom. The first-order valence-electron chi connectivity index (χ1n) is 14.9. The van der Waals surface area contributed by atoms with Crippen molar-refractivity contribution in [1.29, 1.82) is 0 Å². The zero-order valence-electron chi connectivity index (χ0n) is 27.4. The van der Waals surface area contributed by atoms with E-state index >= 15 is 0 Å². The molecule has 0 N–H and O–H groups in total. The van der Waals surface area contributed by atoms with Crippen LogP contribution in [0.15, 0.2) is 54.1 Å². The normalized spacial score (nSPS) is 11.7. The maximum Gasteiger partial charge on any atom is 0.137 e. The first-order chi connectivity index (χ1) is 20.0. The zero-order chi connectivity index (χ0) is 30.8. The Morgan fingerprint density at radius 3 is 1.70 bits per heavy atom. The summed E-state index contributed by atoms with van der Waals surface area (Å²) in [4.78, 5) is 9.66. The molecule has 4 rings (SSSR count). The minimum absolute atomic E-state index is 0. The van der Waals surface area contributed by atoms with Gasteiger partial charge in [-0.3, -0.25) is 0 Å². The Bertz CT molecular complexity index is 1440. The van der Waals surface area contributed by atoms with Gasteiger partial charge in [-0.25, -0.2) is 9.97 Å². The third-order valence-electron chi connectivity index (χ3n) is 7.45. The quantitative estimate of drug-likeness (QED) is 0.172. The maximum absolute atomic E-state index is 5.16. The lowest BCUT2D eigenvalue weighted by atomic mass is 10.0. The van der Waals surface area contributed by atoms with E-state index < -0.39 is 0 Å². The van der Waals surface area contributed by atoms with Gasteiger partial charge in [0, 0.05) is 55.9 Å². The molecule has 0 saturated carbocycles. The Hall–Kier alpha value is -3.48. The minimum atomic E-state index is 0. The molecule has 0 bridgehead atoms. The van der Waals surface area contributed by atoms with Gasteiger partial charge in [-0.2, -0.15) is 0 Å². The number of hydrogen-bond acceptors (Lipinski definition) is 4. The predicted octanol–water partition coefficient (Wildman–Crippen LogP) is 9.52. The van der Waals surface area contributed by atoms with E-state index in [9.17, 15) is 0 Å². The molecule has 44 heavy (non-hydrogen) atoms. The van der Waals surface area contributed by atoms with Crippen LogP contribution >= 0.6 is 0 Å². The lowest BCUT2D eigenvalue weighted by molar-refractivity contribution is 0.180. The van der Waals surface area contributed by atoms with Crippen molar-refractivity contribution >= 4 is 6.08 Å². The van der Waals surface area contributed by atoms with E-state index in [0.29, 0.717) is 5.92 Å². The fourth-order valence-corrected chi connectivity index (χ4v) is 5.23. The Morgan fingerprint density at radius 1 is 0.727 bits per heavy atom. The molecule has 0 fully saturated rings. The van der Waals surface area contributed by atoms with Gasteiger partial charge in [-0.05, 0) is 139 Å². The fraction of sp³-hybridized carbons (Fsp3) is 0.474. The predicted molar refractivity (Wildman–Crippen MR) is 189 cm³/mol. The summed E-state index contributed by atoms with van der Waals surface area (Å²) in [6, 6.07) is 17.1. The van der Waals surface area contributed by atoms with Crippen molar-refractivity contribution in [3.8, 4) is 11.6 Å². The monoisotopic (exact) mass is 602 g/mol. The molecule has 0 aliphatic carbocycles. The number of methoxy groups -OCH3 is 2. The first-order valence-corrected chi connectivity index (χ1v) is 14.9. The van der Waals surface area contributed by atoms with Gasteiger partial charge in [0.2, 0.25) is 0 Å². The Kier molecular flexibility index (Phi) is 16.1. The number of pyridine rings is 2. The van der Waals surface area contributed by atoms with E-state index in [1.54, 1.807) is 14.2 Å². The van der Waals surface area contributed by atoms with Crippen LogP contribution in [0.4, 0.5) is 0 Å². The largest absolute Gasteiger partial charge is 0.385 e. The average molecular weight is 603 g/mol. The van der Waals surface area contributed by atoms with E-state index in [4.69, 9.17) is 19.4 Å². The third kappa shape index (κ3) is 10.9. The molecule has 4 aromatic rings. The Balaban J connectivity index is 0.000000421. The second-order valence-corrected chi connectivity index (χ2v) is 11.6. The Labute approximate surface area is 268 Å². The third-order valence-corrected chi connectivity index (χ3v) is 7.45. The lowest BCUT2D eigenvalue weighted by Gasteiger charge is -2.14. The van der Waals surface area contributed by atoms with Crippen LogP contribution < -0.4 is 0 Å². The SMILES string of the molecule is C.C.COCC/C(C)=C\c1cc(C)cc(-n2c(C)ccc2C)n1.COCCC(C)Cc1cc(C)cc(-n2c(C)ccc2C)n1. The molecular formula is C38H58N4O2. The highest BCUT2D eigenvalue weighted by Crippen LogP contribution is 2.20. The van der Waals surface area contributed by atoms with Gasteiger partial charge < -0.3 is 18.6 Å².